The number of nitrogens with zero attached hydrogens (tertiary/aromatic N) is 3. The summed E-state index contributed by atoms with van der Waals surface area (Å²) in [4.78, 5) is 37.2. The summed E-state index contributed by atoms with van der Waals surface area (Å²) in [6.45, 7) is 1.51. The van der Waals surface area contributed by atoms with Gasteiger partial charge in [-0.3, -0.25) is 9.59 Å². The number of nitrogens with one attached hydrogen (secondary N) is 1. The largest absolute Gasteiger partial charge is 0.493 e. The fraction of sp³-hybridized carbons (Fsp3) is 0.238. The van der Waals surface area contributed by atoms with Crippen molar-refractivity contribution in [2.24, 2.45) is 0 Å². The lowest BCUT2D eigenvalue weighted by Crippen LogP contribution is -2.41. The van der Waals surface area contributed by atoms with Crippen molar-refractivity contribution in [3.8, 4) is 17.3 Å². The highest BCUT2D eigenvalue weighted by molar-refractivity contribution is 5.88. The molecule has 0 bridgehead atoms. The third-order valence-corrected chi connectivity index (χ3v) is 4.82. The fourth-order valence-corrected chi connectivity index (χ4v) is 3.39. The van der Waals surface area contributed by atoms with Crippen LogP contribution in [0.4, 0.5) is 10.1 Å². The summed E-state index contributed by atoms with van der Waals surface area (Å²) in [5.74, 6) is -0.722. The minimum absolute atomic E-state index is 0.176. The zero-order chi connectivity index (χ0) is 22.1. The monoisotopic (exact) mass is 426 g/mol. The van der Waals surface area contributed by atoms with Crippen molar-refractivity contribution in [3.05, 3.63) is 74.2 Å². The van der Waals surface area contributed by atoms with Gasteiger partial charge in [0, 0.05) is 30.7 Å². The van der Waals surface area contributed by atoms with Crippen LogP contribution in [-0.4, -0.2) is 34.0 Å². The number of hydrogen-bond acceptors (Lipinski definition) is 6. The second-order valence-electron chi connectivity index (χ2n) is 6.98. The van der Waals surface area contributed by atoms with Gasteiger partial charge in [0.2, 0.25) is 5.91 Å². The molecular formula is C21H19FN4O5. The van der Waals surface area contributed by atoms with Crippen LogP contribution in [0.3, 0.4) is 0 Å². The molecule has 0 aliphatic carbocycles. The molecule has 4 rings (SSSR count). The molecule has 2 aromatic carbocycles. The Balaban J connectivity index is 1.82. The maximum atomic E-state index is 14.6. The summed E-state index contributed by atoms with van der Waals surface area (Å²) < 4.78 is 26.8. The summed E-state index contributed by atoms with van der Waals surface area (Å²) in [6.07, 6.45) is 0.622. The normalized spacial score (nSPS) is 12.2. The molecule has 0 radical (unpaired) electrons. The second-order valence-corrected chi connectivity index (χ2v) is 6.98. The SMILES string of the molecule is COc1nn(-c2cccc(NC(C)=O)c2)c(=O)n(Cc2cc3c(cc2F)OCC3)c1=O. The number of carbonyl (C=O) groups is 1. The number of ether oxygens (including phenoxy) is 2. The number of anilines is 1. The molecule has 0 spiro atoms. The third kappa shape index (κ3) is 3.91. The van der Waals surface area contributed by atoms with Crippen LogP contribution in [0.2, 0.25) is 0 Å². The summed E-state index contributed by atoms with van der Waals surface area (Å²) in [5, 5.41) is 6.60. The van der Waals surface area contributed by atoms with Gasteiger partial charge in [0.25, 0.3) is 5.88 Å². The number of benzene rings is 2. The van der Waals surface area contributed by atoms with Crippen LogP contribution in [0.1, 0.15) is 18.1 Å². The van der Waals surface area contributed by atoms with E-state index in [1.54, 1.807) is 24.3 Å². The number of fused-ring (bicyclic) bond motifs is 1. The minimum atomic E-state index is -0.780. The quantitative estimate of drug-likeness (QED) is 0.663. The van der Waals surface area contributed by atoms with Gasteiger partial charge in [-0.05, 0) is 29.8 Å². The Labute approximate surface area is 175 Å². The summed E-state index contributed by atoms with van der Waals surface area (Å²) >= 11 is 0. The smallest absolute Gasteiger partial charge is 0.352 e. The van der Waals surface area contributed by atoms with Crippen LogP contribution in [0.15, 0.2) is 46.0 Å². The van der Waals surface area contributed by atoms with Crippen molar-refractivity contribution >= 4 is 11.6 Å². The molecule has 3 aromatic rings. The van der Waals surface area contributed by atoms with Crippen LogP contribution in [0, 0.1) is 5.82 Å². The average Bonchev–Trinajstić information content (AvgIpc) is 3.18. The summed E-state index contributed by atoms with van der Waals surface area (Å²) in [6, 6.07) is 9.23. The zero-order valence-corrected chi connectivity index (χ0v) is 16.8. The molecule has 31 heavy (non-hydrogen) atoms. The van der Waals surface area contributed by atoms with E-state index in [1.807, 2.05) is 0 Å². The van der Waals surface area contributed by atoms with Gasteiger partial charge in [0.1, 0.15) is 11.6 Å². The molecule has 1 aromatic heterocycles. The number of rotatable bonds is 5. The highest BCUT2D eigenvalue weighted by atomic mass is 19.1. The van der Waals surface area contributed by atoms with E-state index in [-0.39, 0.29) is 23.9 Å². The first-order valence-electron chi connectivity index (χ1n) is 9.47. The molecule has 160 valence electrons. The van der Waals surface area contributed by atoms with Crippen molar-refractivity contribution in [2.45, 2.75) is 19.9 Å². The van der Waals surface area contributed by atoms with Crippen molar-refractivity contribution in [2.75, 3.05) is 19.0 Å². The molecule has 0 saturated carbocycles. The van der Waals surface area contributed by atoms with E-state index in [9.17, 15) is 18.8 Å². The fourth-order valence-electron chi connectivity index (χ4n) is 3.39. The van der Waals surface area contributed by atoms with Crippen LogP contribution < -0.4 is 26.0 Å². The van der Waals surface area contributed by atoms with Gasteiger partial charge in [0.15, 0.2) is 0 Å². The molecular weight excluding hydrogens is 407 g/mol. The van der Waals surface area contributed by atoms with Gasteiger partial charge in [-0.25, -0.2) is 13.8 Å². The van der Waals surface area contributed by atoms with E-state index < -0.39 is 17.1 Å². The lowest BCUT2D eigenvalue weighted by molar-refractivity contribution is -0.114. The van der Waals surface area contributed by atoms with Crippen molar-refractivity contribution < 1.29 is 18.7 Å². The molecule has 0 unspecified atom stereocenters. The van der Waals surface area contributed by atoms with Gasteiger partial charge >= 0.3 is 11.2 Å². The average molecular weight is 426 g/mol. The highest BCUT2D eigenvalue weighted by Gasteiger charge is 2.20. The molecule has 1 amide bonds. The van der Waals surface area contributed by atoms with Gasteiger partial charge in [-0.1, -0.05) is 6.07 Å². The standard InChI is InChI=1S/C21H19FN4O5/c1-12(27)23-15-4-3-5-16(9-15)26-21(29)25(20(28)19(24-26)30-2)11-14-8-13-6-7-31-18(13)10-17(14)22/h3-5,8-10H,6-7,11H2,1-2H3,(H,23,27). The van der Waals surface area contributed by atoms with E-state index in [4.69, 9.17) is 9.47 Å². The Morgan fingerprint density at radius 3 is 2.84 bits per heavy atom. The lowest BCUT2D eigenvalue weighted by atomic mass is 10.1. The molecule has 0 saturated heterocycles. The van der Waals surface area contributed by atoms with Crippen molar-refractivity contribution in [3.63, 3.8) is 0 Å². The van der Waals surface area contributed by atoms with E-state index in [1.165, 1.54) is 26.2 Å². The Bertz CT molecular complexity index is 1300. The highest BCUT2D eigenvalue weighted by Crippen LogP contribution is 2.28. The Hall–Kier alpha value is -3.95. The molecule has 10 heteroatoms. The maximum absolute atomic E-state index is 14.6. The molecule has 0 atom stereocenters. The first-order valence-corrected chi connectivity index (χ1v) is 9.47. The number of methoxy groups -OCH3 is 1. The van der Waals surface area contributed by atoms with Gasteiger partial charge in [0.05, 0.1) is 25.9 Å². The number of amides is 1. The first kappa shape index (κ1) is 20.3. The minimum Gasteiger partial charge on any atom is -0.493 e. The second kappa shape index (κ2) is 8.05. The molecule has 0 fully saturated rings. The molecule has 9 nitrogen and oxygen atoms in total. The number of aromatic nitrogens is 3. The Morgan fingerprint density at radius 1 is 1.29 bits per heavy atom. The third-order valence-electron chi connectivity index (χ3n) is 4.82. The number of hydrogen-bond donors (Lipinski definition) is 1. The summed E-state index contributed by atoms with van der Waals surface area (Å²) in [7, 11) is 1.25. The van der Waals surface area contributed by atoms with Crippen LogP contribution in [0.25, 0.3) is 5.69 Å². The topological polar surface area (TPSA) is 104 Å². The van der Waals surface area contributed by atoms with Crippen LogP contribution >= 0.6 is 0 Å². The molecule has 1 aliphatic heterocycles. The number of carbonyl (C=O) groups excluding carboxylic acids is 1. The predicted molar refractivity (Wildman–Crippen MR) is 110 cm³/mol. The van der Waals surface area contributed by atoms with Crippen molar-refractivity contribution in [1.82, 2.24) is 14.3 Å². The Morgan fingerprint density at radius 2 is 2.10 bits per heavy atom. The lowest BCUT2D eigenvalue weighted by Gasteiger charge is -2.13. The predicted octanol–water partition coefficient (Wildman–Crippen LogP) is 1.48. The van der Waals surface area contributed by atoms with E-state index >= 15 is 0 Å². The Kier molecular flexibility index (Phi) is 5.28. The van der Waals surface area contributed by atoms with E-state index in [0.717, 1.165) is 14.8 Å². The van der Waals surface area contributed by atoms with E-state index in [2.05, 4.69) is 10.4 Å². The summed E-state index contributed by atoms with van der Waals surface area (Å²) in [5.41, 5.74) is 0.176. The molecule has 2 heterocycles. The van der Waals surface area contributed by atoms with Gasteiger partial charge < -0.3 is 14.8 Å². The maximum Gasteiger partial charge on any atom is 0.352 e. The van der Waals surface area contributed by atoms with Crippen LogP contribution in [-0.2, 0) is 17.8 Å². The molecule has 1 aliphatic rings. The molecule has 1 N–H and O–H groups in total. The van der Waals surface area contributed by atoms with Crippen LogP contribution in [0.5, 0.6) is 11.6 Å². The zero-order valence-electron chi connectivity index (χ0n) is 16.8. The first-order chi connectivity index (χ1) is 14.9. The van der Waals surface area contributed by atoms with Gasteiger partial charge in [-0.15, -0.1) is 5.10 Å². The van der Waals surface area contributed by atoms with E-state index in [0.29, 0.717) is 30.2 Å². The number of halogens is 1. The van der Waals surface area contributed by atoms with Gasteiger partial charge in [-0.2, -0.15) is 4.68 Å². The van der Waals surface area contributed by atoms with Crippen molar-refractivity contribution in [1.29, 1.82) is 0 Å².